The zero-order valence-corrected chi connectivity index (χ0v) is 7.43. The molecule has 0 saturated heterocycles. The van der Waals surface area contributed by atoms with Gasteiger partial charge in [-0.3, -0.25) is 10.1 Å². The molecule has 1 heterocycles. The Kier molecular flexibility index (Phi) is 2.62. The molecule has 1 rings (SSSR count). The molecule has 10 heteroatoms. The van der Waals surface area contributed by atoms with E-state index in [0.717, 1.165) is 0 Å². The minimum atomic E-state index is -4.89. The predicted molar refractivity (Wildman–Crippen MR) is 40.7 cm³/mol. The molecule has 0 fully saturated rings. The second kappa shape index (κ2) is 3.46. The van der Waals surface area contributed by atoms with Gasteiger partial charge in [0.25, 0.3) is 0 Å². The Bertz CT molecular complexity index is 395. The summed E-state index contributed by atoms with van der Waals surface area (Å²) in [5.41, 5.74) is -1.20. The minimum absolute atomic E-state index is 0.313. The van der Waals surface area contributed by atoms with E-state index >= 15 is 0 Å². The smallest absolute Gasteiger partial charge is 0.443 e. The van der Waals surface area contributed by atoms with Gasteiger partial charge in [-0.2, -0.15) is 13.2 Å². The van der Waals surface area contributed by atoms with Gasteiger partial charge in [0, 0.05) is 0 Å². The molecule has 0 aromatic carbocycles. The van der Waals surface area contributed by atoms with Gasteiger partial charge >= 0.3 is 17.1 Å². The van der Waals surface area contributed by atoms with E-state index in [4.69, 9.17) is 5.11 Å². The normalized spacial score (nSPS) is 11.4. The molecule has 82 valence electrons. The number of aromatic nitrogens is 1. The Hall–Kier alpha value is -1.71. The lowest BCUT2D eigenvalue weighted by molar-refractivity contribution is -0.380. The van der Waals surface area contributed by atoms with E-state index in [1.54, 1.807) is 0 Å². The Morgan fingerprint density at radius 1 is 1.53 bits per heavy atom. The van der Waals surface area contributed by atoms with Crippen LogP contribution in [0.25, 0.3) is 0 Å². The maximum absolute atomic E-state index is 12.0. The highest BCUT2D eigenvalue weighted by atomic mass is 32.1. The summed E-state index contributed by atoms with van der Waals surface area (Å²) in [5.74, 6) is -1.87. The van der Waals surface area contributed by atoms with Crippen molar-refractivity contribution >= 4 is 22.3 Å². The first-order valence-corrected chi connectivity index (χ1v) is 4.01. The lowest BCUT2D eigenvalue weighted by atomic mass is 10.5. The molecule has 0 unspecified atom stereocenters. The second-order valence-electron chi connectivity index (χ2n) is 2.23. The van der Waals surface area contributed by atoms with Crippen molar-refractivity contribution in [2.75, 3.05) is 0 Å². The van der Waals surface area contributed by atoms with Crippen molar-refractivity contribution < 1.29 is 28.0 Å². The molecule has 0 aliphatic heterocycles. The number of alkyl halides is 3. The van der Waals surface area contributed by atoms with Crippen molar-refractivity contribution in [2.45, 2.75) is 6.18 Å². The number of aromatic carboxylic acids is 1. The monoisotopic (exact) mass is 242 g/mol. The van der Waals surface area contributed by atoms with Crippen LogP contribution in [0.5, 0.6) is 0 Å². The second-order valence-corrected chi connectivity index (χ2v) is 3.21. The van der Waals surface area contributed by atoms with Crippen LogP contribution in [0.15, 0.2) is 0 Å². The van der Waals surface area contributed by atoms with E-state index in [9.17, 15) is 28.1 Å². The summed E-state index contributed by atoms with van der Waals surface area (Å²) in [6.45, 7) is 0. The fraction of sp³-hybridized carbons (Fsp3) is 0.200. The molecule has 0 aliphatic rings. The van der Waals surface area contributed by atoms with Crippen molar-refractivity contribution in [3.8, 4) is 0 Å². The van der Waals surface area contributed by atoms with Gasteiger partial charge in [-0.1, -0.05) is 0 Å². The maximum atomic E-state index is 12.0. The van der Waals surface area contributed by atoms with Crippen LogP contribution >= 0.6 is 11.3 Å². The molecule has 1 N–H and O–H groups in total. The van der Waals surface area contributed by atoms with E-state index in [2.05, 4.69) is 4.98 Å². The van der Waals surface area contributed by atoms with Crippen LogP contribution in [0, 0.1) is 10.1 Å². The quantitative estimate of drug-likeness (QED) is 0.630. The summed E-state index contributed by atoms with van der Waals surface area (Å²) in [6, 6.07) is 0. The van der Waals surface area contributed by atoms with Crippen molar-refractivity contribution in [3.63, 3.8) is 0 Å². The zero-order valence-electron chi connectivity index (χ0n) is 6.61. The number of hydrogen-bond donors (Lipinski definition) is 1. The molecular formula is C5HF3N2O4S. The van der Waals surface area contributed by atoms with E-state index in [-0.39, 0.29) is 11.3 Å². The largest absolute Gasteiger partial charge is 0.476 e. The highest BCUT2D eigenvalue weighted by molar-refractivity contribution is 7.15. The summed E-state index contributed by atoms with van der Waals surface area (Å²) in [5, 5.41) is 15.9. The van der Waals surface area contributed by atoms with Crippen LogP contribution in [-0.4, -0.2) is 21.0 Å². The Labute approximate surface area is 83.1 Å². The average Bonchev–Trinajstić information content (AvgIpc) is 2.45. The lowest BCUT2D eigenvalue weighted by Crippen LogP contribution is -2.06. The number of carboxylic acid groups (broad SMARTS) is 1. The number of halogens is 3. The van der Waals surface area contributed by atoms with Crippen LogP contribution in [0.1, 0.15) is 15.5 Å². The standard InChI is InChI=1S/C5HF3N2O4S/c6-5(7,8)4-9-1(3(11)12)2(15-4)10(13)14/h(H,11,12). The molecule has 0 bridgehead atoms. The Morgan fingerprint density at radius 3 is 2.33 bits per heavy atom. The zero-order chi connectivity index (χ0) is 11.8. The first-order valence-electron chi connectivity index (χ1n) is 3.19. The fourth-order valence-corrected chi connectivity index (χ4v) is 1.44. The lowest BCUT2D eigenvalue weighted by Gasteiger charge is -1.97. The van der Waals surface area contributed by atoms with Crippen LogP contribution in [0.3, 0.4) is 0 Å². The number of hydrogen-bond acceptors (Lipinski definition) is 5. The molecule has 1 aromatic heterocycles. The molecule has 1 aromatic rings. The van der Waals surface area contributed by atoms with Gasteiger partial charge in [0.1, 0.15) is 0 Å². The van der Waals surface area contributed by atoms with Gasteiger partial charge in [-0.25, -0.2) is 9.78 Å². The van der Waals surface area contributed by atoms with Crippen LogP contribution in [0.4, 0.5) is 18.2 Å². The number of rotatable bonds is 2. The third-order valence-corrected chi connectivity index (χ3v) is 2.27. The Morgan fingerprint density at radius 2 is 2.07 bits per heavy atom. The van der Waals surface area contributed by atoms with Gasteiger partial charge in [0.15, 0.2) is 0 Å². The molecule has 6 nitrogen and oxygen atoms in total. The topological polar surface area (TPSA) is 93.3 Å². The molecule has 0 aliphatic carbocycles. The van der Waals surface area contributed by atoms with Crippen molar-refractivity contribution in [1.29, 1.82) is 0 Å². The number of nitro groups is 1. The highest BCUT2D eigenvalue weighted by Crippen LogP contribution is 2.37. The van der Waals surface area contributed by atoms with Crippen LogP contribution in [0.2, 0.25) is 0 Å². The molecule has 0 atom stereocenters. The van der Waals surface area contributed by atoms with Crippen LogP contribution in [-0.2, 0) is 6.18 Å². The molecular weight excluding hydrogens is 241 g/mol. The third-order valence-electron chi connectivity index (χ3n) is 1.22. The van der Waals surface area contributed by atoms with Crippen molar-refractivity contribution in [1.82, 2.24) is 4.98 Å². The number of nitrogens with zero attached hydrogens (tertiary/aromatic N) is 2. The van der Waals surface area contributed by atoms with Gasteiger partial charge in [0.05, 0.1) is 4.92 Å². The maximum Gasteiger partial charge on any atom is 0.443 e. The van der Waals surface area contributed by atoms with Gasteiger partial charge < -0.3 is 5.11 Å². The summed E-state index contributed by atoms with van der Waals surface area (Å²) in [4.78, 5) is 22.0. The first kappa shape index (κ1) is 11.4. The molecule has 0 amide bonds. The Balaban J connectivity index is 3.34. The van der Waals surface area contributed by atoms with Gasteiger partial charge in [-0.15, -0.1) is 0 Å². The van der Waals surface area contributed by atoms with Crippen molar-refractivity contribution in [3.05, 3.63) is 20.8 Å². The van der Waals surface area contributed by atoms with E-state index in [0.29, 0.717) is 0 Å². The summed E-state index contributed by atoms with van der Waals surface area (Å²) in [6.07, 6.45) is -4.89. The number of carboxylic acids is 1. The molecule has 0 radical (unpaired) electrons. The average molecular weight is 242 g/mol. The van der Waals surface area contributed by atoms with Crippen molar-refractivity contribution in [2.24, 2.45) is 0 Å². The molecule has 15 heavy (non-hydrogen) atoms. The van der Waals surface area contributed by atoms with E-state index in [1.807, 2.05) is 0 Å². The summed E-state index contributed by atoms with van der Waals surface area (Å²) < 4.78 is 36.1. The number of carbonyl (C=O) groups is 1. The molecule has 0 saturated carbocycles. The minimum Gasteiger partial charge on any atom is -0.476 e. The first-order chi connectivity index (χ1) is 6.73. The SMILES string of the molecule is O=C(O)c1nc(C(F)(F)F)sc1[N+](=O)[O-]. The van der Waals surface area contributed by atoms with E-state index < -0.39 is 32.8 Å². The van der Waals surface area contributed by atoms with Gasteiger partial charge in [0.2, 0.25) is 10.7 Å². The van der Waals surface area contributed by atoms with E-state index in [1.165, 1.54) is 0 Å². The highest BCUT2D eigenvalue weighted by Gasteiger charge is 2.40. The third kappa shape index (κ3) is 2.21. The number of thiazole rings is 1. The molecule has 0 spiro atoms. The van der Waals surface area contributed by atoms with Crippen LogP contribution < -0.4 is 0 Å². The van der Waals surface area contributed by atoms with Gasteiger partial charge in [-0.05, 0) is 11.3 Å². The summed E-state index contributed by atoms with van der Waals surface area (Å²) >= 11 is -0.313. The predicted octanol–water partition coefficient (Wildman–Crippen LogP) is 1.77. The fourth-order valence-electron chi connectivity index (χ4n) is 0.696. The summed E-state index contributed by atoms with van der Waals surface area (Å²) in [7, 11) is 0.